The predicted molar refractivity (Wildman–Crippen MR) is 155 cm³/mol. The molecule has 0 bridgehead atoms. The molecule has 7 nitrogen and oxygen atoms in total. The molecule has 1 amide bonds. The van der Waals surface area contributed by atoms with Gasteiger partial charge in [0.15, 0.2) is 0 Å². The van der Waals surface area contributed by atoms with Crippen molar-refractivity contribution in [2.24, 2.45) is 0 Å². The number of pyridine rings is 1. The zero-order valence-corrected chi connectivity index (χ0v) is 22.8. The number of para-hydroxylation sites is 2. The standard InChI is InChI=1S/C29H21Cl2N3O4S/c1-18-9-10-19-5-4-7-26(28(19)32-18)33-29(35)23-17-20(30)11-16-25(23)34-39(36,37)22-14-12-21(13-15-22)38-27-8-3-2-6-24(27)31/h2-17,34H,1H3,(H,33,35). The van der Waals surface area contributed by atoms with Crippen LogP contribution in [0.5, 0.6) is 11.5 Å². The molecule has 0 aliphatic heterocycles. The fraction of sp³-hybridized carbons (Fsp3) is 0.0345. The van der Waals surface area contributed by atoms with E-state index in [1.54, 1.807) is 36.4 Å². The number of ether oxygens (including phenoxy) is 1. The van der Waals surface area contributed by atoms with E-state index in [4.69, 9.17) is 27.9 Å². The van der Waals surface area contributed by atoms with Gasteiger partial charge in [0.25, 0.3) is 15.9 Å². The highest BCUT2D eigenvalue weighted by atomic mass is 35.5. The number of aromatic nitrogens is 1. The molecule has 0 atom stereocenters. The second-order valence-corrected chi connectivity index (χ2v) is 11.1. The lowest BCUT2D eigenvalue weighted by molar-refractivity contribution is 0.102. The molecular formula is C29H21Cl2N3O4S. The Hall–Kier alpha value is -4.11. The van der Waals surface area contributed by atoms with Crippen LogP contribution in [0.3, 0.4) is 0 Å². The Morgan fingerprint density at radius 2 is 1.62 bits per heavy atom. The van der Waals surface area contributed by atoms with Crippen LogP contribution in [0.2, 0.25) is 10.0 Å². The van der Waals surface area contributed by atoms with E-state index in [9.17, 15) is 13.2 Å². The number of nitrogens with zero attached hydrogens (tertiary/aromatic N) is 1. The molecule has 0 aliphatic rings. The van der Waals surface area contributed by atoms with Gasteiger partial charge in [-0.1, -0.05) is 53.5 Å². The Balaban J connectivity index is 1.39. The Morgan fingerprint density at radius 3 is 2.38 bits per heavy atom. The summed E-state index contributed by atoms with van der Waals surface area (Å²) >= 11 is 12.3. The van der Waals surface area contributed by atoms with Crippen molar-refractivity contribution >= 4 is 61.4 Å². The van der Waals surface area contributed by atoms with Crippen molar-refractivity contribution < 1.29 is 17.9 Å². The second-order valence-electron chi connectivity index (χ2n) is 8.58. The molecule has 0 spiro atoms. The van der Waals surface area contributed by atoms with Gasteiger partial charge >= 0.3 is 0 Å². The number of anilines is 2. The number of carbonyl (C=O) groups is 1. The van der Waals surface area contributed by atoms with Gasteiger partial charge in [-0.25, -0.2) is 8.42 Å². The maximum Gasteiger partial charge on any atom is 0.261 e. The van der Waals surface area contributed by atoms with Crippen LogP contribution in [0.4, 0.5) is 11.4 Å². The SMILES string of the molecule is Cc1ccc2cccc(NC(=O)c3cc(Cl)ccc3NS(=O)(=O)c3ccc(Oc4ccccc4Cl)cc3)c2n1. The highest BCUT2D eigenvalue weighted by molar-refractivity contribution is 7.92. The minimum absolute atomic E-state index is 0.0240. The average molecular weight is 578 g/mol. The highest BCUT2D eigenvalue weighted by Crippen LogP contribution is 2.31. The topological polar surface area (TPSA) is 97.4 Å². The number of benzene rings is 4. The van der Waals surface area contributed by atoms with Gasteiger partial charge in [0.1, 0.15) is 11.5 Å². The highest BCUT2D eigenvalue weighted by Gasteiger charge is 2.20. The summed E-state index contributed by atoms with van der Waals surface area (Å²) in [5, 5.41) is 4.39. The zero-order valence-electron chi connectivity index (χ0n) is 20.5. The molecule has 0 unspecified atom stereocenters. The van der Waals surface area contributed by atoms with E-state index in [1.807, 2.05) is 25.1 Å². The van der Waals surface area contributed by atoms with Gasteiger partial charge in [0.2, 0.25) is 0 Å². The van der Waals surface area contributed by atoms with Gasteiger partial charge in [0.05, 0.1) is 32.4 Å². The predicted octanol–water partition coefficient (Wildman–Crippen LogP) is 7.70. The fourth-order valence-electron chi connectivity index (χ4n) is 3.87. The van der Waals surface area contributed by atoms with E-state index in [0.29, 0.717) is 27.7 Å². The number of sulfonamides is 1. The van der Waals surface area contributed by atoms with Crippen LogP contribution in [-0.4, -0.2) is 19.3 Å². The van der Waals surface area contributed by atoms with Gasteiger partial charge in [0, 0.05) is 16.1 Å². The first kappa shape index (κ1) is 26.5. The number of nitrogens with one attached hydrogen (secondary N) is 2. The van der Waals surface area contributed by atoms with Crippen molar-refractivity contribution in [1.82, 2.24) is 4.98 Å². The summed E-state index contributed by atoms with van der Waals surface area (Å²) in [5.41, 5.74) is 2.02. The Morgan fingerprint density at radius 1 is 0.846 bits per heavy atom. The molecule has 0 aliphatic carbocycles. The van der Waals surface area contributed by atoms with E-state index >= 15 is 0 Å². The Kier molecular flexibility index (Phi) is 7.43. The molecule has 5 rings (SSSR count). The average Bonchev–Trinajstić information content (AvgIpc) is 2.91. The molecule has 1 heterocycles. The lowest BCUT2D eigenvalue weighted by Crippen LogP contribution is -2.19. The van der Waals surface area contributed by atoms with Crippen LogP contribution in [0.15, 0.2) is 102 Å². The first-order valence-electron chi connectivity index (χ1n) is 11.7. The summed E-state index contributed by atoms with van der Waals surface area (Å²) in [7, 11) is -4.06. The summed E-state index contributed by atoms with van der Waals surface area (Å²) in [6, 6.07) is 26.3. The van der Waals surface area contributed by atoms with Gasteiger partial charge in [-0.05, 0) is 73.7 Å². The van der Waals surface area contributed by atoms with E-state index < -0.39 is 15.9 Å². The van der Waals surface area contributed by atoms with Crippen molar-refractivity contribution in [2.75, 3.05) is 10.0 Å². The Labute approximate surface area is 235 Å². The van der Waals surface area contributed by atoms with Crippen molar-refractivity contribution in [3.8, 4) is 11.5 Å². The monoisotopic (exact) mass is 577 g/mol. The minimum Gasteiger partial charge on any atom is -0.456 e. The number of hydrogen-bond donors (Lipinski definition) is 2. The van der Waals surface area contributed by atoms with Crippen molar-refractivity contribution in [3.05, 3.63) is 118 Å². The molecule has 10 heteroatoms. The first-order chi connectivity index (χ1) is 18.7. The maximum atomic E-state index is 13.3. The zero-order chi connectivity index (χ0) is 27.6. The van der Waals surface area contributed by atoms with Crippen LogP contribution >= 0.6 is 23.2 Å². The molecule has 196 valence electrons. The first-order valence-corrected chi connectivity index (χ1v) is 14.0. The molecule has 0 radical (unpaired) electrons. The molecule has 2 N–H and O–H groups in total. The molecule has 0 saturated carbocycles. The summed E-state index contributed by atoms with van der Waals surface area (Å²) < 4.78 is 34.6. The molecule has 5 aromatic rings. The van der Waals surface area contributed by atoms with Crippen LogP contribution in [-0.2, 0) is 10.0 Å². The quantitative estimate of drug-likeness (QED) is 0.206. The number of hydrogen-bond acceptors (Lipinski definition) is 5. The molecule has 0 fully saturated rings. The largest absolute Gasteiger partial charge is 0.456 e. The van der Waals surface area contributed by atoms with E-state index in [0.717, 1.165) is 11.1 Å². The summed E-state index contributed by atoms with van der Waals surface area (Å²) in [6.45, 7) is 1.86. The molecule has 39 heavy (non-hydrogen) atoms. The fourth-order valence-corrected chi connectivity index (χ4v) is 5.30. The van der Waals surface area contributed by atoms with Gasteiger partial charge in [-0.15, -0.1) is 0 Å². The third-order valence-corrected chi connectivity index (χ3v) is 7.71. The van der Waals surface area contributed by atoms with Crippen LogP contribution in [0.25, 0.3) is 10.9 Å². The van der Waals surface area contributed by atoms with Crippen LogP contribution in [0.1, 0.15) is 16.1 Å². The van der Waals surface area contributed by atoms with Gasteiger partial charge < -0.3 is 10.1 Å². The normalized spacial score (nSPS) is 11.3. The number of rotatable bonds is 7. The van der Waals surface area contributed by atoms with E-state index in [1.165, 1.54) is 42.5 Å². The summed E-state index contributed by atoms with van der Waals surface area (Å²) in [6.07, 6.45) is 0. The molecular weight excluding hydrogens is 557 g/mol. The van der Waals surface area contributed by atoms with Gasteiger partial charge in [-0.2, -0.15) is 0 Å². The minimum atomic E-state index is -4.06. The van der Waals surface area contributed by atoms with Crippen molar-refractivity contribution in [3.63, 3.8) is 0 Å². The van der Waals surface area contributed by atoms with E-state index in [2.05, 4.69) is 15.0 Å². The van der Waals surface area contributed by atoms with E-state index in [-0.39, 0.29) is 21.2 Å². The number of amides is 1. The number of aryl methyl sites for hydroxylation is 1. The maximum absolute atomic E-state index is 13.3. The smallest absolute Gasteiger partial charge is 0.261 e. The summed E-state index contributed by atoms with van der Waals surface area (Å²) in [5.74, 6) is 0.309. The summed E-state index contributed by atoms with van der Waals surface area (Å²) in [4.78, 5) is 17.8. The number of carbonyl (C=O) groups excluding carboxylic acids is 1. The molecule has 0 saturated heterocycles. The molecule has 4 aromatic carbocycles. The second kappa shape index (κ2) is 10.9. The van der Waals surface area contributed by atoms with Crippen LogP contribution < -0.4 is 14.8 Å². The van der Waals surface area contributed by atoms with Crippen molar-refractivity contribution in [2.45, 2.75) is 11.8 Å². The number of halogens is 2. The number of fused-ring (bicyclic) bond motifs is 1. The third kappa shape index (κ3) is 5.98. The molecule has 1 aromatic heterocycles. The third-order valence-electron chi connectivity index (χ3n) is 5.78. The Bertz CT molecular complexity index is 1810. The lowest BCUT2D eigenvalue weighted by atomic mass is 10.1. The lowest BCUT2D eigenvalue weighted by Gasteiger charge is -2.14. The van der Waals surface area contributed by atoms with Crippen molar-refractivity contribution in [1.29, 1.82) is 0 Å². The van der Waals surface area contributed by atoms with Crippen LogP contribution in [0, 0.1) is 6.92 Å². The van der Waals surface area contributed by atoms with Gasteiger partial charge in [-0.3, -0.25) is 14.5 Å².